The number of nitrogens with one attached hydrogen (secondary N) is 2. The molecule has 6 heteroatoms. The molecule has 0 heterocycles. The number of hydrogen-bond acceptors (Lipinski definition) is 3. The molecule has 6 nitrogen and oxygen atoms in total. The van der Waals surface area contributed by atoms with Crippen LogP contribution in [-0.2, 0) is 20.8 Å². The average molecular weight is 306 g/mol. The second kappa shape index (κ2) is 8.81. The predicted molar refractivity (Wildman–Crippen MR) is 83.5 cm³/mol. The number of benzene rings is 1. The van der Waals surface area contributed by atoms with Crippen molar-refractivity contribution in [1.82, 2.24) is 5.32 Å². The summed E-state index contributed by atoms with van der Waals surface area (Å²) in [6.45, 7) is 3.93. The molecule has 0 saturated carbocycles. The van der Waals surface area contributed by atoms with Crippen LogP contribution in [0.15, 0.2) is 24.3 Å². The minimum absolute atomic E-state index is 0.127. The summed E-state index contributed by atoms with van der Waals surface area (Å²) in [6, 6.07) is 6.70. The largest absolute Gasteiger partial charge is 0.481 e. The van der Waals surface area contributed by atoms with E-state index in [2.05, 4.69) is 10.6 Å². The Hall–Kier alpha value is -2.37. The number of carboxylic acid groups (broad SMARTS) is 1. The lowest BCUT2D eigenvalue weighted by molar-refractivity contribution is -0.136. The van der Waals surface area contributed by atoms with Gasteiger partial charge in [0.2, 0.25) is 11.8 Å². The molecule has 0 unspecified atom stereocenters. The molecule has 0 atom stereocenters. The van der Waals surface area contributed by atoms with Gasteiger partial charge < -0.3 is 15.7 Å². The van der Waals surface area contributed by atoms with Gasteiger partial charge in [0.25, 0.3) is 0 Å². The molecule has 0 radical (unpaired) electrons. The first-order valence-corrected chi connectivity index (χ1v) is 7.24. The third kappa shape index (κ3) is 6.88. The number of amides is 2. The number of carbonyl (C=O) groups is 3. The van der Waals surface area contributed by atoms with Crippen LogP contribution in [0.1, 0.15) is 32.3 Å². The third-order valence-corrected chi connectivity index (χ3v) is 3.03. The molecular weight excluding hydrogens is 284 g/mol. The second-order valence-electron chi connectivity index (χ2n) is 5.49. The minimum atomic E-state index is -0.969. The first-order valence-electron chi connectivity index (χ1n) is 7.24. The molecule has 0 aromatic heterocycles. The normalized spacial score (nSPS) is 10.3. The van der Waals surface area contributed by atoms with E-state index in [0.717, 1.165) is 6.42 Å². The fourth-order valence-electron chi connectivity index (χ4n) is 1.84. The van der Waals surface area contributed by atoms with E-state index < -0.39 is 5.97 Å². The maximum atomic E-state index is 11.8. The highest BCUT2D eigenvalue weighted by atomic mass is 16.4. The van der Waals surface area contributed by atoms with Crippen LogP contribution in [0.4, 0.5) is 5.69 Å². The lowest BCUT2D eigenvalue weighted by atomic mass is 10.1. The van der Waals surface area contributed by atoms with Crippen molar-refractivity contribution in [2.24, 2.45) is 5.92 Å². The molecule has 0 fully saturated rings. The van der Waals surface area contributed by atoms with Crippen molar-refractivity contribution in [3.05, 3.63) is 29.8 Å². The van der Waals surface area contributed by atoms with Gasteiger partial charge in [0.15, 0.2) is 0 Å². The van der Waals surface area contributed by atoms with Gasteiger partial charge in [-0.15, -0.1) is 0 Å². The fourth-order valence-corrected chi connectivity index (χ4v) is 1.84. The van der Waals surface area contributed by atoms with Crippen molar-refractivity contribution < 1.29 is 19.5 Å². The summed E-state index contributed by atoms with van der Waals surface area (Å²) in [5.41, 5.74) is 0.973. The molecule has 0 spiro atoms. The summed E-state index contributed by atoms with van der Waals surface area (Å²) >= 11 is 0. The maximum absolute atomic E-state index is 11.8. The lowest BCUT2D eigenvalue weighted by Gasteiger charge is -2.10. The number of carboxylic acids is 1. The zero-order chi connectivity index (χ0) is 16.5. The molecule has 0 aliphatic rings. The summed E-state index contributed by atoms with van der Waals surface area (Å²) in [6.07, 6.45) is 0.993. The molecule has 0 saturated heterocycles. The average Bonchev–Trinajstić information content (AvgIpc) is 2.44. The van der Waals surface area contributed by atoms with Gasteiger partial charge in [-0.1, -0.05) is 32.0 Å². The summed E-state index contributed by atoms with van der Waals surface area (Å²) in [5, 5.41) is 14.0. The van der Waals surface area contributed by atoms with Gasteiger partial charge in [-0.05, 0) is 24.0 Å². The van der Waals surface area contributed by atoms with E-state index in [0.29, 0.717) is 23.6 Å². The van der Waals surface area contributed by atoms with Crippen molar-refractivity contribution in [1.29, 1.82) is 0 Å². The first kappa shape index (κ1) is 17.7. The van der Waals surface area contributed by atoms with Crippen molar-refractivity contribution in [2.45, 2.75) is 33.1 Å². The Labute approximate surface area is 129 Å². The molecule has 2 amide bonds. The number of hydrogen-bond donors (Lipinski definition) is 3. The van der Waals surface area contributed by atoms with E-state index in [9.17, 15) is 14.4 Å². The van der Waals surface area contributed by atoms with E-state index in [1.165, 1.54) is 0 Å². The molecule has 1 aromatic rings. The van der Waals surface area contributed by atoms with Gasteiger partial charge >= 0.3 is 5.97 Å². The monoisotopic (exact) mass is 306 g/mol. The molecule has 3 N–H and O–H groups in total. The first-order chi connectivity index (χ1) is 10.4. The highest BCUT2D eigenvalue weighted by Crippen LogP contribution is 2.15. The summed E-state index contributed by atoms with van der Waals surface area (Å²) in [5.74, 6) is -1.08. The standard InChI is InChI=1S/C16H22N2O4/c1-11(2)7-8-14(19)17-10-15(20)18-13-6-4-3-5-12(13)9-16(21)22/h3-6,11H,7-10H2,1-2H3,(H,17,19)(H,18,20)(H,21,22). The minimum Gasteiger partial charge on any atom is -0.481 e. The van der Waals surface area contributed by atoms with E-state index in [4.69, 9.17) is 5.11 Å². The Morgan fingerprint density at radius 3 is 2.45 bits per heavy atom. The zero-order valence-electron chi connectivity index (χ0n) is 12.9. The van der Waals surface area contributed by atoms with Crippen molar-refractivity contribution >= 4 is 23.5 Å². The Kier molecular flexibility index (Phi) is 7.08. The van der Waals surface area contributed by atoms with Crippen LogP contribution in [0.5, 0.6) is 0 Å². The van der Waals surface area contributed by atoms with E-state index in [1.54, 1.807) is 24.3 Å². The maximum Gasteiger partial charge on any atom is 0.307 e. The van der Waals surface area contributed by atoms with E-state index in [-0.39, 0.29) is 24.8 Å². The Morgan fingerprint density at radius 2 is 1.82 bits per heavy atom. The van der Waals surface area contributed by atoms with Crippen LogP contribution in [0.3, 0.4) is 0 Å². The van der Waals surface area contributed by atoms with Crippen molar-refractivity contribution in [3.63, 3.8) is 0 Å². The van der Waals surface area contributed by atoms with Crippen LogP contribution in [0.2, 0.25) is 0 Å². The summed E-state index contributed by atoms with van der Waals surface area (Å²) < 4.78 is 0. The van der Waals surface area contributed by atoms with Gasteiger partial charge in [-0.2, -0.15) is 0 Å². The SMILES string of the molecule is CC(C)CCC(=O)NCC(=O)Nc1ccccc1CC(=O)O. The van der Waals surface area contributed by atoms with Gasteiger partial charge in [-0.3, -0.25) is 14.4 Å². The van der Waals surface area contributed by atoms with Crippen LogP contribution in [0, 0.1) is 5.92 Å². The lowest BCUT2D eigenvalue weighted by Crippen LogP contribution is -2.33. The summed E-state index contributed by atoms with van der Waals surface area (Å²) in [7, 11) is 0. The second-order valence-corrected chi connectivity index (χ2v) is 5.49. The fraction of sp³-hybridized carbons (Fsp3) is 0.438. The van der Waals surface area contributed by atoms with Gasteiger partial charge in [0, 0.05) is 12.1 Å². The quantitative estimate of drug-likeness (QED) is 0.682. The van der Waals surface area contributed by atoms with E-state index >= 15 is 0 Å². The third-order valence-electron chi connectivity index (χ3n) is 3.03. The van der Waals surface area contributed by atoms with E-state index in [1.807, 2.05) is 13.8 Å². The molecular formula is C16H22N2O4. The molecule has 22 heavy (non-hydrogen) atoms. The van der Waals surface area contributed by atoms with Crippen molar-refractivity contribution in [3.8, 4) is 0 Å². The number of carbonyl (C=O) groups excluding carboxylic acids is 2. The van der Waals surface area contributed by atoms with Crippen LogP contribution in [-0.4, -0.2) is 29.4 Å². The molecule has 120 valence electrons. The highest BCUT2D eigenvalue weighted by Gasteiger charge is 2.10. The van der Waals surface area contributed by atoms with Crippen LogP contribution in [0.25, 0.3) is 0 Å². The number of anilines is 1. The summed E-state index contributed by atoms with van der Waals surface area (Å²) in [4.78, 5) is 34.1. The Balaban J connectivity index is 2.48. The molecule has 0 bridgehead atoms. The highest BCUT2D eigenvalue weighted by molar-refractivity contribution is 5.95. The Bertz CT molecular complexity index is 541. The smallest absolute Gasteiger partial charge is 0.307 e. The number of aliphatic carboxylic acids is 1. The molecule has 0 aliphatic heterocycles. The Morgan fingerprint density at radius 1 is 1.14 bits per heavy atom. The van der Waals surface area contributed by atoms with Gasteiger partial charge in [0.05, 0.1) is 13.0 Å². The van der Waals surface area contributed by atoms with Gasteiger partial charge in [-0.25, -0.2) is 0 Å². The number of rotatable bonds is 8. The van der Waals surface area contributed by atoms with Crippen LogP contribution < -0.4 is 10.6 Å². The topological polar surface area (TPSA) is 95.5 Å². The van der Waals surface area contributed by atoms with Crippen molar-refractivity contribution in [2.75, 3.05) is 11.9 Å². The molecule has 1 aromatic carbocycles. The number of para-hydroxylation sites is 1. The van der Waals surface area contributed by atoms with Crippen LogP contribution >= 0.6 is 0 Å². The van der Waals surface area contributed by atoms with Gasteiger partial charge in [0.1, 0.15) is 0 Å². The molecule has 0 aliphatic carbocycles. The predicted octanol–water partition coefficient (Wildman–Crippen LogP) is 1.80. The molecule has 1 rings (SSSR count). The zero-order valence-corrected chi connectivity index (χ0v) is 12.9.